The van der Waals surface area contributed by atoms with Crippen LogP contribution in [0, 0.1) is 5.82 Å². The zero-order valence-corrected chi connectivity index (χ0v) is 10.6. The van der Waals surface area contributed by atoms with Crippen molar-refractivity contribution >= 4 is 29.4 Å². The number of nitrogens with two attached hydrogens (primary N) is 1. The van der Waals surface area contributed by atoms with E-state index in [1.165, 1.54) is 18.2 Å². The van der Waals surface area contributed by atoms with Crippen LogP contribution in [0.25, 0.3) is 0 Å². The predicted molar refractivity (Wildman–Crippen MR) is 66.7 cm³/mol. The van der Waals surface area contributed by atoms with Crippen LogP contribution in [0.3, 0.4) is 0 Å². The van der Waals surface area contributed by atoms with E-state index in [0.717, 1.165) is 11.8 Å². The molecule has 0 atom stereocenters. The van der Waals surface area contributed by atoms with E-state index in [4.69, 9.17) is 5.73 Å². The SMILES string of the molecule is CCOC(=O)NC(=O)CSc1ccc(N)cc1F. The van der Waals surface area contributed by atoms with Crippen LogP contribution in [0.4, 0.5) is 14.9 Å². The fraction of sp³-hybridized carbons (Fsp3) is 0.273. The van der Waals surface area contributed by atoms with Gasteiger partial charge in [-0.1, -0.05) is 0 Å². The lowest BCUT2D eigenvalue weighted by Crippen LogP contribution is -2.32. The Balaban J connectivity index is 2.45. The molecule has 0 aromatic heterocycles. The Bertz CT molecular complexity index is 454. The monoisotopic (exact) mass is 272 g/mol. The number of hydrogen-bond acceptors (Lipinski definition) is 5. The number of hydrogen-bond donors (Lipinski definition) is 2. The van der Waals surface area contributed by atoms with Crippen LogP contribution < -0.4 is 11.1 Å². The summed E-state index contributed by atoms with van der Waals surface area (Å²) in [6.45, 7) is 1.81. The molecule has 3 N–H and O–H groups in total. The van der Waals surface area contributed by atoms with Gasteiger partial charge in [0.05, 0.1) is 12.4 Å². The summed E-state index contributed by atoms with van der Waals surface area (Å²) in [5.41, 5.74) is 5.71. The van der Waals surface area contributed by atoms with E-state index >= 15 is 0 Å². The first kappa shape index (κ1) is 14.3. The van der Waals surface area contributed by atoms with Crippen LogP contribution in [-0.2, 0) is 9.53 Å². The number of anilines is 1. The van der Waals surface area contributed by atoms with E-state index < -0.39 is 17.8 Å². The molecule has 0 unspecified atom stereocenters. The van der Waals surface area contributed by atoms with Crippen LogP contribution in [0.15, 0.2) is 23.1 Å². The second kappa shape index (κ2) is 6.85. The van der Waals surface area contributed by atoms with Gasteiger partial charge in [0, 0.05) is 10.6 Å². The van der Waals surface area contributed by atoms with Gasteiger partial charge in [-0.2, -0.15) is 0 Å². The van der Waals surface area contributed by atoms with E-state index in [1.54, 1.807) is 6.92 Å². The normalized spacial score (nSPS) is 9.89. The van der Waals surface area contributed by atoms with Crippen molar-refractivity contribution in [2.75, 3.05) is 18.1 Å². The molecule has 0 aliphatic heterocycles. The lowest BCUT2D eigenvalue weighted by Gasteiger charge is -2.05. The molecule has 0 saturated carbocycles. The summed E-state index contributed by atoms with van der Waals surface area (Å²) in [5, 5.41) is 2.01. The lowest BCUT2D eigenvalue weighted by molar-refractivity contribution is -0.117. The van der Waals surface area contributed by atoms with Gasteiger partial charge in [-0.3, -0.25) is 10.1 Å². The van der Waals surface area contributed by atoms with Crippen molar-refractivity contribution < 1.29 is 18.7 Å². The van der Waals surface area contributed by atoms with E-state index in [2.05, 4.69) is 4.74 Å². The quantitative estimate of drug-likeness (QED) is 0.645. The van der Waals surface area contributed by atoms with Gasteiger partial charge in [-0.15, -0.1) is 11.8 Å². The third-order valence-electron chi connectivity index (χ3n) is 1.83. The fourth-order valence-electron chi connectivity index (χ4n) is 1.09. The van der Waals surface area contributed by atoms with Crippen molar-refractivity contribution in [3.8, 4) is 0 Å². The van der Waals surface area contributed by atoms with Crippen LogP contribution in [0.1, 0.15) is 6.92 Å². The number of carbonyl (C=O) groups is 2. The molecule has 98 valence electrons. The number of benzene rings is 1. The number of rotatable bonds is 4. The number of carbonyl (C=O) groups excluding carboxylic acids is 2. The molecule has 18 heavy (non-hydrogen) atoms. The maximum atomic E-state index is 13.4. The second-order valence-corrected chi connectivity index (χ2v) is 4.26. The molecule has 0 saturated heterocycles. The Morgan fingerprint density at radius 3 is 2.83 bits per heavy atom. The Morgan fingerprint density at radius 2 is 2.22 bits per heavy atom. The molecule has 1 aromatic carbocycles. The molecular weight excluding hydrogens is 259 g/mol. The van der Waals surface area contributed by atoms with Gasteiger partial charge < -0.3 is 10.5 Å². The second-order valence-electron chi connectivity index (χ2n) is 3.25. The third kappa shape index (κ3) is 4.62. The van der Waals surface area contributed by atoms with Crippen LogP contribution in [0.2, 0.25) is 0 Å². The molecule has 5 nitrogen and oxygen atoms in total. The Morgan fingerprint density at radius 1 is 1.50 bits per heavy atom. The summed E-state index contributed by atoms with van der Waals surface area (Å²) in [5.74, 6) is -1.13. The van der Waals surface area contributed by atoms with Gasteiger partial charge >= 0.3 is 6.09 Å². The minimum absolute atomic E-state index is 0.0837. The van der Waals surface area contributed by atoms with E-state index in [-0.39, 0.29) is 12.4 Å². The first-order chi connectivity index (χ1) is 8.52. The zero-order chi connectivity index (χ0) is 13.5. The van der Waals surface area contributed by atoms with Crippen LogP contribution in [0.5, 0.6) is 0 Å². The maximum Gasteiger partial charge on any atom is 0.413 e. The van der Waals surface area contributed by atoms with E-state index in [9.17, 15) is 14.0 Å². The van der Waals surface area contributed by atoms with Crippen molar-refractivity contribution in [2.45, 2.75) is 11.8 Å². The highest BCUT2D eigenvalue weighted by molar-refractivity contribution is 8.00. The van der Waals surface area contributed by atoms with Crippen molar-refractivity contribution in [3.63, 3.8) is 0 Å². The molecule has 7 heteroatoms. The number of halogens is 1. The molecule has 0 radical (unpaired) electrons. The number of thioether (sulfide) groups is 1. The summed E-state index contributed by atoms with van der Waals surface area (Å²) >= 11 is 0.974. The van der Waals surface area contributed by atoms with E-state index in [1.807, 2.05) is 5.32 Å². The van der Waals surface area contributed by atoms with Gasteiger partial charge in [-0.25, -0.2) is 9.18 Å². The molecule has 0 fully saturated rings. The first-order valence-electron chi connectivity index (χ1n) is 5.17. The molecule has 0 spiro atoms. The third-order valence-corrected chi connectivity index (χ3v) is 2.88. The Labute approximate surface area is 108 Å². The summed E-state index contributed by atoms with van der Waals surface area (Å²) < 4.78 is 17.9. The van der Waals surface area contributed by atoms with Crippen molar-refractivity contribution in [1.29, 1.82) is 0 Å². The van der Waals surface area contributed by atoms with Crippen molar-refractivity contribution in [2.24, 2.45) is 0 Å². The minimum Gasteiger partial charge on any atom is -0.450 e. The van der Waals surface area contributed by atoms with Crippen molar-refractivity contribution in [1.82, 2.24) is 5.32 Å². The number of nitrogen functional groups attached to an aromatic ring is 1. The maximum absolute atomic E-state index is 13.4. The minimum atomic E-state index is -0.805. The molecule has 1 aromatic rings. The summed E-state index contributed by atoms with van der Waals surface area (Å²) in [6, 6.07) is 4.19. The Hall–Kier alpha value is -1.76. The number of amides is 2. The average Bonchev–Trinajstić information content (AvgIpc) is 2.28. The molecule has 1 rings (SSSR count). The van der Waals surface area contributed by atoms with E-state index in [0.29, 0.717) is 10.6 Å². The molecule has 0 heterocycles. The Kier molecular flexibility index (Phi) is 5.44. The molecule has 0 aliphatic rings. The largest absolute Gasteiger partial charge is 0.450 e. The molecule has 2 amide bonds. The predicted octanol–water partition coefficient (Wildman–Crippen LogP) is 1.77. The smallest absolute Gasteiger partial charge is 0.413 e. The van der Waals surface area contributed by atoms with Gasteiger partial charge in [0.25, 0.3) is 0 Å². The number of nitrogens with one attached hydrogen (secondary N) is 1. The highest BCUT2D eigenvalue weighted by Gasteiger charge is 2.10. The lowest BCUT2D eigenvalue weighted by atomic mass is 10.3. The summed E-state index contributed by atoms with van der Waals surface area (Å²) in [6.07, 6.45) is -0.805. The highest BCUT2D eigenvalue weighted by atomic mass is 32.2. The molecule has 0 aliphatic carbocycles. The summed E-state index contributed by atoms with van der Waals surface area (Å²) in [4.78, 5) is 22.5. The average molecular weight is 272 g/mol. The standard InChI is InChI=1S/C11H13FN2O3S/c1-2-17-11(16)14-10(15)6-18-9-4-3-7(13)5-8(9)12/h3-5H,2,6,13H2,1H3,(H,14,15,16). The zero-order valence-electron chi connectivity index (χ0n) is 9.73. The first-order valence-corrected chi connectivity index (χ1v) is 6.16. The van der Waals surface area contributed by atoms with Gasteiger partial charge in [-0.05, 0) is 25.1 Å². The van der Waals surface area contributed by atoms with Gasteiger partial charge in [0.1, 0.15) is 5.82 Å². The number of alkyl carbamates (subject to hydrolysis) is 1. The molecular formula is C11H13FN2O3S. The molecule has 0 bridgehead atoms. The van der Waals surface area contributed by atoms with Crippen LogP contribution >= 0.6 is 11.8 Å². The topological polar surface area (TPSA) is 81.4 Å². The van der Waals surface area contributed by atoms with Gasteiger partial charge in [0.15, 0.2) is 0 Å². The number of imide groups is 1. The highest BCUT2D eigenvalue weighted by Crippen LogP contribution is 2.23. The van der Waals surface area contributed by atoms with Crippen molar-refractivity contribution in [3.05, 3.63) is 24.0 Å². The number of ether oxygens (including phenoxy) is 1. The van der Waals surface area contributed by atoms with Crippen LogP contribution in [-0.4, -0.2) is 24.4 Å². The summed E-state index contributed by atoms with van der Waals surface area (Å²) in [7, 11) is 0. The van der Waals surface area contributed by atoms with Gasteiger partial charge in [0.2, 0.25) is 5.91 Å². The fourth-order valence-corrected chi connectivity index (χ4v) is 1.81.